The molecule has 1 saturated carbocycles. The summed E-state index contributed by atoms with van der Waals surface area (Å²) in [4.78, 5) is 4.73. The lowest BCUT2D eigenvalue weighted by atomic mass is 10.3. The summed E-state index contributed by atoms with van der Waals surface area (Å²) in [6.45, 7) is 0.850. The maximum atomic E-state index is 4.73. The molecule has 5 rings (SSSR count). The number of hydrogen-bond donors (Lipinski definition) is 1. The van der Waals surface area contributed by atoms with Gasteiger partial charge in [0.15, 0.2) is 11.5 Å². The van der Waals surface area contributed by atoms with E-state index in [4.69, 9.17) is 4.98 Å². The highest BCUT2D eigenvalue weighted by molar-refractivity contribution is 5.75. The van der Waals surface area contributed by atoms with Gasteiger partial charge in [0.2, 0.25) is 0 Å². The van der Waals surface area contributed by atoms with E-state index < -0.39 is 0 Å². The molecule has 3 heterocycles. The Labute approximate surface area is 151 Å². The van der Waals surface area contributed by atoms with Gasteiger partial charge in [-0.2, -0.15) is 4.52 Å². The van der Waals surface area contributed by atoms with Crippen LogP contribution in [-0.2, 0) is 13.5 Å². The second kappa shape index (κ2) is 6.09. The SMILES string of the molecule is Cn1c(CCCNc2ccc3nnc(C4CC4)n3n2)nc2ccccc21. The molecule has 3 aromatic heterocycles. The summed E-state index contributed by atoms with van der Waals surface area (Å²) in [6, 6.07) is 12.2. The van der Waals surface area contributed by atoms with Crippen LogP contribution in [-0.4, -0.2) is 35.9 Å². The Morgan fingerprint density at radius 2 is 2.00 bits per heavy atom. The molecule has 0 unspecified atom stereocenters. The summed E-state index contributed by atoms with van der Waals surface area (Å²) in [7, 11) is 2.08. The number of aromatic nitrogens is 6. The number of benzene rings is 1. The first kappa shape index (κ1) is 15.3. The number of fused-ring (bicyclic) bond motifs is 2. The van der Waals surface area contributed by atoms with Crippen LogP contribution in [0.2, 0.25) is 0 Å². The van der Waals surface area contributed by atoms with E-state index in [9.17, 15) is 0 Å². The predicted octanol–water partition coefficient (Wildman–Crippen LogP) is 2.93. The smallest absolute Gasteiger partial charge is 0.178 e. The standard InChI is InChI=1S/C19H21N7/c1-25-15-6-3-2-5-14(15)21-17(25)7-4-12-20-16-10-11-18-22-23-19(13-8-9-13)26(18)24-16/h2-3,5-6,10-11,13H,4,7-9,12H2,1H3,(H,20,24). The minimum Gasteiger partial charge on any atom is -0.369 e. The fourth-order valence-corrected chi connectivity index (χ4v) is 3.38. The lowest BCUT2D eigenvalue weighted by Gasteiger charge is -2.06. The second-order valence-corrected chi connectivity index (χ2v) is 6.93. The highest BCUT2D eigenvalue weighted by Crippen LogP contribution is 2.38. The molecule has 0 amide bonds. The van der Waals surface area contributed by atoms with Crippen molar-refractivity contribution in [3.63, 3.8) is 0 Å². The molecule has 0 aliphatic heterocycles. The number of nitrogens with zero attached hydrogens (tertiary/aromatic N) is 6. The maximum Gasteiger partial charge on any atom is 0.178 e. The number of aryl methyl sites for hydroxylation is 2. The second-order valence-electron chi connectivity index (χ2n) is 6.93. The van der Waals surface area contributed by atoms with Crippen molar-refractivity contribution in [3.8, 4) is 0 Å². The number of nitrogens with one attached hydrogen (secondary N) is 1. The third kappa shape index (κ3) is 2.69. The van der Waals surface area contributed by atoms with E-state index in [1.54, 1.807) is 0 Å². The Balaban J connectivity index is 1.24. The average molecular weight is 347 g/mol. The van der Waals surface area contributed by atoms with Gasteiger partial charge in [0, 0.05) is 25.9 Å². The molecule has 26 heavy (non-hydrogen) atoms. The van der Waals surface area contributed by atoms with Crippen LogP contribution in [0.5, 0.6) is 0 Å². The van der Waals surface area contributed by atoms with E-state index in [-0.39, 0.29) is 0 Å². The molecule has 1 aromatic carbocycles. The van der Waals surface area contributed by atoms with Gasteiger partial charge >= 0.3 is 0 Å². The molecule has 1 N–H and O–H groups in total. The van der Waals surface area contributed by atoms with Gasteiger partial charge in [-0.3, -0.25) is 0 Å². The Kier molecular flexibility index (Phi) is 3.58. The van der Waals surface area contributed by atoms with Gasteiger partial charge in [0.05, 0.1) is 11.0 Å². The summed E-state index contributed by atoms with van der Waals surface area (Å²) < 4.78 is 4.06. The zero-order chi connectivity index (χ0) is 17.5. The third-order valence-corrected chi connectivity index (χ3v) is 4.99. The van der Waals surface area contributed by atoms with Gasteiger partial charge < -0.3 is 9.88 Å². The molecule has 0 saturated heterocycles. The molecule has 4 aromatic rings. The molecule has 7 nitrogen and oxygen atoms in total. The minimum atomic E-state index is 0.533. The van der Waals surface area contributed by atoms with Crippen LogP contribution in [0.15, 0.2) is 36.4 Å². The van der Waals surface area contributed by atoms with Gasteiger partial charge in [-0.15, -0.1) is 15.3 Å². The molecule has 0 atom stereocenters. The van der Waals surface area contributed by atoms with Crippen molar-refractivity contribution in [1.29, 1.82) is 0 Å². The molecule has 1 aliphatic rings. The van der Waals surface area contributed by atoms with Crippen molar-refractivity contribution in [1.82, 2.24) is 29.4 Å². The molecule has 1 fully saturated rings. The molecule has 132 valence electrons. The van der Waals surface area contributed by atoms with Crippen LogP contribution >= 0.6 is 0 Å². The normalized spacial score (nSPS) is 14.3. The first-order valence-corrected chi connectivity index (χ1v) is 9.16. The highest BCUT2D eigenvalue weighted by atomic mass is 15.4. The lowest BCUT2D eigenvalue weighted by Crippen LogP contribution is -2.09. The van der Waals surface area contributed by atoms with E-state index in [0.29, 0.717) is 5.92 Å². The van der Waals surface area contributed by atoms with E-state index in [1.165, 1.54) is 18.4 Å². The monoisotopic (exact) mass is 347 g/mol. The Morgan fingerprint density at radius 1 is 1.12 bits per heavy atom. The number of anilines is 1. The molecular weight excluding hydrogens is 326 g/mol. The topological polar surface area (TPSA) is 72.9 Å². The van der Waals surface area contributed by atoms with Crippen LogP contribution in [0.3, 0.4) is 0 Å². The maximum absolute atomic E-state index is 4.73. The summed E-state index contributed by atoms with van der Waals surface area (Å²) in [6.07, 6.45) is 4.31. The number of imidazole rings is 1. The van der Waals surface area contributed by atoms with E-state index in [1.807, 2.05) is 22.7 Å². The van der Waals surface area contributed by atoms with E-state index in [0.717, 1.165) is 48.0 Å². The molecular formula is C19H21N7. The summed E-state index contributed by atoms with van der Waals surface area (Å²) in [5.74, 6) is 3.50. The first-order valence-electron chi connectivity index (χ1n) is 9.16. The Bertz CT molecular complexity index is 1070. The van der Waals surface area contributed by atoms with Crippen molar-refractivity contribution in [2.45, 2.75) is 31.6 Å². The summed E-state index contributed by atoms with van der Waals surface area (Å²) in [5.41, 5.74) is 3.06. The number of para-hydroxylation sites is 2. The molecule has 7 heteroatoms. The molecule has 0 spiro atoms. The fourth-order valence-electron chi connectivity index (χ4n) is 3.38. The number of rotatable bonds is 6. The Morgan fingerprint density at radius 3 is 2.85 bits per heavy atom. The average Bonchev–Trinajstić information content (AvgIpc) is 3.35. The highest BCUT2D eigenvalue weighted by Gasteiger charge is 2.29. The molecule has 0 radical (unpaired) electrons. The van der Waals surface area contributed by atoms with Crippen molar-refractivity contribution < 1.29 is 0 Å². The molecule has 0 bridgehead atoms. The first-order chi connectivity index (χ1) is 12.8. The largest absolute Gasteiger partial charge is 0.369 e. The summed E-state index contributed by atoms with van der Waals surface area (Å²) >= 11 is 0. The minimum absolute atomic E-state index is 0.533. The number of hydrogen-bond acceptors (Lipinski definition) is 5. The van der Waals surface area contributed by atoms with Crippen LogP contribution in [0.4, 0.5) is 5.82 Å². The van der Waals surface area contributed by atoms with Crippen molar-refractivity contribution >= 4 is 22.5 Å². The van der Waals surface area contributed by atoms with Gasteiger partial charge in [-0.1, -0.05) is 12.1 Å². The summed E-state index contributed by atoms with van der Waals surface area (Å²) in [5, 5.41) is 16.5. The van der Waals surface area contributed by atoms with Crippen molar-refractivity contribution in [2.75, 3.05) is 11.9 Å². The Hall–Kier alpha value is -2.96. The zero-order valence-corrected chi connectivity index (χ0v) is 14.8. The van der Waals surface area contributed by atoms with Gasteiger partial charge in [-0.25, -0.2) is 4.98 Å². The van der Waals surface area contributed by atoms with Gasteiger partial charge in [-0.05, 0) is 43.5 Å². The predicted molar refractivity (Wildman–Crippen MR) is 100 cm³/mol. The van der Waals surface area contributed by atoms with Crippen LogP contribution < -0.4 is 5.32 Å². The fraction of sp³-hybridized carbons (Fsp3) is 0.368. The van der Waals surface area contributed by atoms with Crippen LogP contribution in [0.25, 0.3) is 16.7 Å². The van der Waals surface area contributed by atoms with Gasteiger partial charge in [0.1, 0.15) is 11.6 Å². The van der Waals surface area contributed by atoms with Crippen LogP contribution in [0, 0.1) is 0 Å². The third-order valence-electron chi connectivity index (χ3n) is 4.99. The van der Waals surface area contributed by atoms with Gasteiger partial charge in [0.25, 0.3) is 0 Å². The van der Waals surface area contributed by atoms with Crippen LogP contribution in [0.1, 0.15) is 36.8 Å². The van der Waals surface area contributed by atoms with Crippen molar-refractivity contribution in [3.05, 3.63) is 48.0 Å². The molecule has 1 aliphatic carbocycles. The zero-order valence-electron chi connectivity index (χ0n) is 14.8. The van der Waals surface area contributed by atoms with E-state index >= 15 is 0 Å². The lowest BCUT2D eigenvalue weighted by molar-refractivity contribution is 0.748. The van der Waals surface area contributed by atoms with Crippen molar-refractivity contribution in [2.24, 2.45) is 7.05 Å². The quantitative estimate of drug-likeness (QED) is 0.543. The van der Waals surface area contributed by atoms with E-state index in [2.05, 4.69) is 50.4 Å².